The SMILES string of the molecule is O=C(CC12CC3CC(CC(C3)C1)C2)NNC(=O)c1cccc(N2CCCC2=O)c1. The molecule has 1 aromatic carbocycles. The van der Waals surface area contributed by atoms with E-state index < -0.39 is 0 Å². The molecule has 6 heteroatoms. The zero-order valence-corrected chi connectivity index (χ0v) is 16.8. The molecule has 29 heavy (non-hydrogen) atoms. The number of benzene rings is 1. The summed E-state index contributed by atoms with van der Waals surface area (Å²) in [6, 6.07) is 7.02. The Balaban J connectivity index is 1.18. The molecule has 0 unspecified atom stereocenters. The highest BCUT2D eigenvalue weighted by Crippen LogP contribution is 2.61. The lowest BCUT2D eigenvalue weighted by atomic mass is 9.49. The Morgan fingerprint density at radius 2 is 1.72 bits per heavy atom. The van der Waals surface area contributed by atoms with Crippen LogP contribution < -0.4 is 15.8 Å². The van der Waals surface area contributed by atoms with Gasteiger partial charge in [-0.25, -0.2) is 0 Å². The maximum atomic E-state index is 12.6. The summed E-state index contributed by atoms with van der Waals surface area (Å²) in [4.78, 5) is 38.8. The third-order valence-electron chi connectivity index (χ3n) is 7.51. The van der Waals surface area contributed by atoms with Gasteiger partial charge in [0.2, 0.25) is 11.8 Å². The van der Waals surface area contributed by atoms with Gasteiger partial charge in [0.1, 0.15) is 0 Å². The van der Waals surface area contributed by atoms with Gasteiger partial charge in [0.05, 0.1) is 0 Å². The fourth-order valence-electron chi connectivity index (χ4n) is 6.83. The lowest BCUT2D eigenvalue weighted by molar-refractivity contribution is -0.130. The van der Waals surface area contributed by atoms with Gasteiger partial charge >= 0.3 is 0 Å². The van der Waals surface area contributed by atoms with Crippen LogP contribution in [0.3, 0.4) is 0 Å². The summed E-state index contributed by atoms with van der Waals surface area (Å²) in [5.74, 6) is 2.06. The minimum atomic E-state index is -0.350. The molecule has 5 aliphatic rings. The molecular weight excluding hydrogens is 366 g/mol. The summed E-state index contributed by atoms with van der Waals surface area (Å²) >= 11 is 0. The third-order valence-corrected chi connectivity index (χ3v) is 7.51. The normalized spacial score (nSPS) is 32.5. The van der Waals surface area contributed by atoms with E-state index in [-0.39, 0.29) is 23.1 Å². The number of carbonyl (C=O) groups is 3. The molecule has 4 bridgehead atoms. The summed E-state index contributed by atoms with van der Waals surface area (Å²) in [5, 5.41) is 0. The van der Waals surface area contributed by atoms with Crippen molar-refractivity contribution >= 4 is 23.4 Å². The highest BCUT2D eigenvalue weighted by molar-refractivity contribution is 5.99. The van der Waals surface area contributed by atoms with Crippen molar-refractivity contribution in [3.05, 3.63) is 29.8 Å². The number of nitrogens with zero attached hydrogens (tertiary/aromatic N) is 1. The van der Waals surface area contributed by atoms with E-state index in [2.05, 4.69) is 10.9 Å². The highest BCUT2D eigenvalue weighted by atomic mass is 16.2. The fraction of sp³-hybridized carbons (Fsp3) is 0.609. The second kappa shape index (κ2) is 7.15. The zero-order chi connectivity index (χ0) is 20.0. The van der Waals surface area contributed by atoms with Gasteiger partial charge in [-0.3, -0.25) is 25.2 Å². The highest BCUT2D eigenvalue weighted by Gasteiger charge is 2.51. The Morgan fingerprint density at radius 3 is 2.34 bits per heavy atom. The average Bonchev–Trinajstić information content (AvgIpc) is 3.11. The molecule has 2 N–H and O–H groups in total. The number of hydrogen-bond acceptors (Lipinski definition) is 3. The van der Waals surface area contributed by atoms with Crippen LogP contribution in [-0.2, 0) is 9.59 Å². The van der Waals surface area contributed by atoms with Gasteiger partial charge in [0.15, 0.2) is 0 Å². The number of rotatable bonds is 4. The van der Waals surface area contributed by atoms with Crippen LogP contribution in [0.1, 0.15) is 68.1 Å². The summed E-state index contributed by atoms with van der Waals surface area (Å²) in [6.45, 7) is 0.686. The number of hydrogen-bond donors (Lipinski definition) is 2. The summed E-state index contributed by atoms with van der Waals surface area (Å²) in [5.41, 5.74) is 6.53. The van der Waals surface area contributed by atoms with Gasteiger partial charge in [-0.05, 0) is 86.3 Å². The zero-order valence-electron chi connectivity index (χ0n) is 16.8. The van der Waals surface area contributed by atoms with Gasteiger partial charge in [-0.1, -0.05) is 6.07 Å². The molecule has 0 atom stereocenters. The van der Waals surface area contributed by atoms with Crippen molar-refractivity contribution in [3.63, 3.8) is 0 Å². The van der Waals surface area contributed by atoms with Crippen LogP contribution in [-0.4, -0.2) is 24.3 Å². The molecule has 0 radical (unpaired) electrons. The van der Waals surface area contributed by atoms with E-state index in [9.17, 15) is 14.4 Å². The fourth-order valence-corrected chi connectivity index (χ4v) is 6.83. The Morgan fingerprint density at radius 1 is 1.03 bits per heavy atom. The molecule has 154 valence electrons. The van der Waals surface area contributed by atoms with Gasteiger partial charge in [0, 0.05) is 30.6 Å². The average molecular weight is 396 g/mol. The quantitative estimate of drug-likeness (QED) is 0.769. The van der Waals surface area contributed by atoms with Crippen LogP contribution in [0.2, 0.25) is 0 Å². The van der Waals surface area contributed by atoms with Crippen LogP contribution in [0, 0.1) is 23.2 Å². The molecule has 1 heterocycles. The van der Waals surface area contributed by atoms with Gasteiger partial charge < -0.3 is 4.90 Å². The molecule has 3 amide bonds. The van der Waals surface area contributed by atoms with Gasteiger partial charge in [-0.2, -0.15) is 0 Å². The largest absolute Gasteiger partial charge is 0.312 e. The van der Waals surface area contributed by atoms with Crippen molar-refractivity contribution in [3.8, 4) is 0 Å². The number of carbonyl (C=O) groups excluding carboxylic acids is 3. The van der Waals surface area contributed by atoms with E-state index in [1.165, 1.54) is 38.5 Å². The minimum absolute atomic E-state index is 0.0893. The minimum Gasteiger partial charge on any atom is -0.312 e. The van der Waals surface area contributed by atoms with Crippen LogP contribution in [0.5, 0.6) is 0 Å². The number of hydrazine groups is 1. The smallest absolute Gasteiger partial charge is 0.269 e. The second-order valence-electron chi connectivity index (χ2n) is 9.80. The van der Waals surface area contributed by atoms with Crippen molar-refractivity contribution in [2.75, 3.05) is 11.4 Å². The van der Waals surface area contributed by atoms with Gasteiger partial charge in [0.25, 0.3) is 5.91 Å². The maximum Gasteiger partial charge on any atom is 0.269 e. The first-order valence-electron chi connectivity index (χ1n) is 11.0. The Hall–Kier alpha value is -2.37. The topological polar surface area (TPSA) is 78.5 Å². The lowest BCUT2D eigenvalue weighted by Crippen LogP contribution is -2.50. The van der Waals surface area contributed by atoms with Crippen LogP contribution in [0.25, 0.3) is 0 Å². The maximum absolute atomic E-state index is 12.6. The summed E-state index contributed by atoms with van der Waals surface area (Å²) in [6.07, 6.45) is 9.49. The molecular formula is C23H29N3O3. The van der Waals surface area contributed by atoms with E-state index in [4.69, 9.17) is 0 Å². The van der Waals surface area contributed by atoms with Crippen molar-refractivity contribution in [1.82, 2.24) is 10.9 Å². The number of amides is 3. The predicted molar refractivity (Wildman–Crippen MR) is 109 cm³/mol. The first-order chi connectivity index (χ1) is 14.0. The van der Waals surface area contributed by atoms with E-state index in [1.54, 1.807) is 23.1 Å². The molecule has 5 fully saturated rings. The molecule has 1 aliphatic heterocycles. The first-order valence-corrected chi connectivity index (χ1v) is 11.0. The van der Waals surface area contributed by atoms with E-state index in [0.717, 1.165) is 29.9 Å². The Bertz CT molecular complexity index is 814. The second-order valence-corrected chi connectivity index (χ2v) is 9.80. The first kappa shape index (κ1) is 18.6. The molecule has 4 saturated carbocycles. The van der Waals surface area contributed by atoms with E-state index in [1.807, 2.05) is 6.07 Å². The Kier molecular flexibility index (Phi) is 4.60. The molecule has 1 saturated heterocycles. The van der Waals surface area contributed by atoms with Gasteiger partial charge in [-0.15, -0.1) is 0 Å². The molecule has 4 aliphatic carbocycles. The van der Waals surface area contributed by atoms with Crippen molar-refractivity contribution < 1.29 is 14.4 Å². The summed E-state index contributed by atoms with van der Waals surface area (Å²) < 4.78 is 0. The van der Waals surface area contributed by atoms with E-state index in [0.29, 0.717) is 24.9 Å². The molecule has 0 aromatic heterocycles. The standard InChI is InChI=1S/C23H29N3O3/c27-20(14-23-11-15-7-16(12-23)9-17(8-15)13-23)24-25-22(29)18-3-1-4-19(10-18)26-6-2-5-21(26)28/h1,3-4,10,15-17H,2,5-9,11-14H2,(H,24,27)(H,25,29). The number of anilines is 1. The Labute approximate surface area is 171 Å². The molecule has 1 aromatic rings. The third kappa shape index (κ3) is 3.65. The van der Waals surface area contributed by atoms with Crippen molar-refractivity contribution in [2.45, 2.75) is 57.8 Å². The van der Waals surface area contributed by atoms with Crippen molar-refractivity contribution in [1.29, 1.82) is 0 Å². The lowest BCUT2D eigenvalue weighted by Gasteiger charge is -2.56. The monoisotopic (exact) mass is 395 g/mol. The van der Waals surface area contributed by atoms with Crippen LogP contribution >= 0.6 is 0 Å². The van der Waals surface area contributed by atoms with Crippen molar-refractivity contribution in [2.24, 2.45) is 23.2 Å². The predicted octanol–water partition coefficient (Wildman–Crippen LogP) is 3.18. The van der Waals surface area contributed by atoms with Crippen LogP contribution in [0.4, 0.5) is 5.69 Å². The summed E-state index contributed by atoms with van der Waals surface area (Å²) in [7, 11) is 0. The molecule has 0 spiro atoms. The molecule has 6 rings (SSSR count). The number of nitrogens with one attached hydrogen (secondary N) is 2. The van der Waals surface area contributed by atoms with E-state index >= 15 is 0 Å². The van der Waals surface area contributed by atoms with Crippen LogP contribution in [0.15, 0.2) is 24.3 Å². The molecule has 6 nitrogen and oxygen atoms in total.